The average molecular weight is 443 g/mol. The second kappa shape index (κ2) is 10.5. The molecule has 2 rings (SSSR count). The molecule has 2 N–H and O–H groups in total. The number of hydrogen-bond acceptors (Lipinski definition) is 9. The van der Waals surface area contributed by atoms with Gasteiger partial charge in [-0.05, 0) is 38.1 Å². The van der Waals surface area contributed by atoms with Crippen molar-refractivity contribution in [3.63, 3.8) is 0 Å². The lowest BCUT2D eigenvalue weighted by molar-refractivity contribution is -0.189. The Morgan fingerprint density at radius 1 is 1.38 bits per heavy atom. The van der Waals surface area contributed by atoms with E-state index in [0.717, 1.165) is 0 Å². The molecule has 0 aliphatic heterocycles. The van der Waals surface area contributed by atoms with Gasteiger partial charge in [-0.2, -0.15) is 0 Å². The molecule has 0 radical (unpaired) electrons. The SMILES string of the molecule is COC(=O)[C@H](C)N=[P+]([O-])OC(Oc1ccc(Cl)cc1)c1cnc(C)c(O)c1CO. The molecule has 0 bridgehead atoms. The molecule has 2 unspecified atom stereocenters. The van der Waals surface area contributed by atoms with Crippen LogP contribution in [-0.2, 0) is 20.7 Å². The van der Waals surface area contributed by atoms with E-state index in [-0.39, 0.29) is 22.6 Å². The third-order valence-electron chi connectivity index (χ3n) is 3.84. The Bertz CT molecular complexity index is 893. The van der Waals surface area contributed by atoms with E-state index >= 15 is 0 Å². The molecule has 0 amide bonds. The van der Waals surface area contributed by atoms with Gasteiger partial charge in [-0.15, -0.1) is 4.52 Å². The quantitative estimate of drug-likeness (QED) is 0.362. The standard InChI is InChI=1S/C18H20ClN2O7P/c1-10-16(23)15(9-22)14(8-20-10)18(27-13-6-4-12(19)5-7-13)28-29(25)21-11(2)17(24)26-3/h4-8,11,18,22-23H,9H2,1-3H3/t11-,18?/m0/s1. The van der Waals surface area contributed by atoms with Gasteiger partial charge in [0.05, 0.1) is 25.0 Å². The number of rotatable bonds is 8. The Hall–Kier alpha value is -2.29. The molecule has 0 spiro atoms. The van der Waals surface area contributed by atoms with Gasteiger partial charge < -0.3 is 24.6 Å². The number of hydrogen-bond donors (Lipinski definition) is 2. The van der Waals surface area contributed by atoms with E-state index in [1.807, 2.05) is 0 Å². The van der Waals surface area contributed by atoms with Crippen LogP contribution in [0.3, 0.4) is 0 Å². The predicted molar refractivity (Wildman–Crippen MR) is 103 cm³/mol. The average Bonchev–Trinajstić information content (AvgIpc) is 2.70. The number of aliphatic hydroxyl groups excluding tert-OH is 1. The molecule has 9 nitrogen and oxygen atoms in total. The maximum absolute atomic E-state index is 12.4. The highest BCUT2D eigenvalue weighted by molar-refractivity contribution is 7.33. The summed E-state index contributed by atoms with van der Waals surface area (Å²) in [6.07, 6.45) is -0.0248. The highest BCUT2D eigenvalue weighted by atomic mass is 35.5. The van der Waals surface area contributed by atoms with E-state index in [9.17, 15) is 19.9 Å². The van der Waals surface area contributed by atoms with E-state index in [2.05, 4.69) is 14.5 Å². The van der Waals surface area contributed by atoms with Gasteiger partial charge in [-0.25, -0.2) is 4.79 Å². The second-order valence-electron chi connectivity index (χ2n) is 5.85. The number of aromatic nitrogens is 1. The summed E-state index contributed by atoms with van der Waals surface area (Å²) in [4.78, 5) is 27.9. The second-order valence-corrected chi connectivity index (χ2v) is 7.20. The zero-order valence-electron chi connectivity index (χ0n) is 15.9. The van der Waals surface area contributed by atoms with Crippen LogP contribution in [0.5, 0.6) is 11.5 Å². The topological polar surface area (TPSA) is 134 Å². The minimum Gasteiger partial charge on any atom is -0.583 e. The maximum atomic E-state index is 12.4. The number of aromatic hydroxyl groups is 1. The number of pyridine rings is 1. The lowest BCUT2D eigenvalue weighted by Gasteiger charge is -2.19. The number of carbonyl (C=O) groups excluding carboxylic acids is 1. The number of aliphatic hydroxyl groups is 1. The smallest absolute Gasteiger partial charge is 0.346 e. The molecule has 0 saturated heterocycles. The van der Waals surface area contributed by atoms with Crippen molar-refractivity contribution in [3.05, 3.63) is 52.3 Å². The first kappa shape index (κ1) is 23.0. The van der Waals surface area contributed by atoms with E-state index in [1.54, 1.807) is 31.2 Å². The lowest BCUT2D eigenvalue weighted by atomic mass is 10.1. The van der Waals surface area contributed by atoms with Crippen molar-refractivity contribution >= 4 is 25.7 Å². The highest BCUT2D eigenvalue weighted by Gasteiger charge is 2.28. The van der Waals surface area contributed by atoms with E-state index < -0.39 is 33.1 Å². The third kappa shape index (κ3) is 6.09. The van der Waals surface area contributed by atoms with Crippen LogP contribution in [0.1, 0.15) is 30.0 Å². The van der Waals surface area contributed by atoms with Crippen LogP contribution in [0.2, 0.25) is 5.02 Å². The monoisotopic (exact) mass is 442 g/mol. The molecule has 3 atom stereocenters. The largest absolute Gasteiger partial charge is 0.583 e. The molecule has 0 aliphatic carbocycles. The number of ether oxygens (including phenoxy) is 2. The van der Waals surface area contributed by atoms with Crippen LogP contribution < -0.4 is 9.63 Å². The lowest BCUT2D eigenvalue weighted by Crippen LogP contribution is -2.18. The summed E-state index contributed by atoms with van der Waals surface area (Å²) in [5, 5.41) is 20.4. The molecule has 0 aliphatic rings. The van der Waals surface area contributed by atoms with Crippen LogP contribution in [0, 0.1) is 6.92 Å². The molecular weight excluding hydrogens is 423 g/mol. The van der Waals surface area contributed by atoms with Crippen LogP contribution >= 0.6 is 19.8 Å². The van der Waals surface area contributed by atoms with Crippen LogP contribution in [-0.4, -0.2) is 34.3 Å². The molecule has 0 fully saturated rings. The normalized spacial score (nSPS) is 13.7. The van der Waals surface area contributed by atoms with E-state index in [4.69, 9.17) is 20.9 Å². The zero-order valence-corrected chi connectivity index (χ0v) is 17.6. The van der Waals surface area contributed by atoms with Gasteiger partial charge in [0.25, 0.3) is 6.29 Å². The maximum Gasteiger partial charge on any atom is 0.346 e. The third-order valence-corrected chi connectivity index (χ3v) is 5.00. The molecule has 0 saturated carbocycles. The van der Waals surface area contributed by atoms with Crippen LogP contribution in [0.4, 0.5) is 0 Å². The number of esters is 1. The number of halogens is 1. The molecule has 1 aromatic carbocycles. The minimum absolute atomic E-state index is 0.0980. The van der Waals surface area contributed by atoms with E-state index in [1.165, 1.54) is 20.2 Å². The van der Waals surface area contributed by atoms with Gasteiger partial charge in [0.15, 0.2) is 6.04 Å². The van der Waals surface area contributed by atoms with Crippen molar-refractivity contribution in [2.24, 2.45) is 4.74 Å². The fraction of sp³-hybridized carbons (Fsp3) is 0.333. The number of benzene rings is 1. The predicted octanol–water partition coefficient (Wildman–Crippen LogP) is 2.75. The van der Waals surface area contributed by atoms with Crippen LogP contribution in [0.15, 0.2) is 35.2 Å². The van der Waals surface area contributed by atoms with Crippen molar-refractivity contribution in [3.8, 4) is 11.5 Å². The van der Waals surface area contributed by atoms with Gasteiger partial charge in [-0.3, -0.25) is 4.98 Å². The molecule has 11 heteroatoms. The highest BCUT2D eigenvalue weighted by Crippen LogP contribution is 2.36. The van der Waals surface area contributed by atoms with Crippen molar-refractivity contribution in [2.45, 2.75) is 32.8 Å². The number of methoxy groups -OCH3 is 1. The first-order valence-corrected chi connectivity index (χ1v) is 9.90. The van der Waals surface area contributed by atoms with Gasteiger partial charge >= 0.3 is 14.1 Å². The van der Waals surface area contributed by atoms with Crippen molar-refractivity contribution in [2.75, 3.05) is 7.11 Å². The van der Waals surface area contributed by atoms with Crippen molar-refractivity contribution < 1.29 is 33.9 Å². The van der Waals surface area contributed by atoms with E-state index in [0.29, 0.717) is 10.8 Å². The van der Waals surface area contributed by atoms with Gasteiger partial charge in [0.2, 0.25) is 0 Å². The molecule has 29 heavy (non-hydrogen) atoms. The summed E-state index contributed by atoms with van der Waals surface area (Å²) < 4.78 is 19.4. The Morgan fingerprint density at radius 2 is 2.03 bits per heavy atom. The summed E-state index contributed by atoms with van der Waals surface area (Å²) >= 11 is 5.87. The zero-order chi connectivity index (χ0) is 21.6. The number of aryl methyl sites for hydroxylation is 1. The number of nitrogens with zero attached hydrogens (tertiary/aromatic N) is 2. The first-order chi connectivity index (χ1) is 13.8. The Labute approximate surface area is 173 Å². The van der Waals surface area contributed by atoms with Crippen LogP contribution in [0.25, 0.3) is 0 Å². The first-order valence-electron chi connectivity index (χ1n) is 8.39. The number of carbonyl (C=O) groups is 1. The van der Waals surface area contributed by atoms with Gasteiger partial charge in [0, 0.05) is 16.8 Å². The minimum atomic E-state index is -2.73. The Balaban J connectivity index is 2.41. The fourth-order valence-electron chi connectivity index (χ4n) is 2.28. The van der Waals surface area contributed by atoms with Crippen molar-refractivity contribution in [1.82, 2.24) is 4.98 Å². The summed E-state index contributed by atoms with van der Waals surface area (Å²) in [5.74, 6) is -0.612. The van der Waals surface area contributed by atoms with Gasteiger partial charge in [0.1, 0.15) is 11.5 Å². The molecule has 1 heterocycles. The summed E-state index contributed by atoms with van der Waals surface area (Å²) in [5.41, 5.74) is 0.534. The fourth-order valence-corrected chi connectivity index (χ4v) is 3.15. The molecule has 1 aromatic heterocycles. The van der Waals surface area contributed by atoms with Gasteiger partial charge in [-0.1, -0.05) is 16.3 Å². The summed E-state index contributed by atoms with van der Waals surface area (Å²) in [6.45, 7) is 2.42. The molecular formula is C18H20ClN2O7P. The van der Waals surface area contributed by atoms with Crippen molar-refractivity contribution in [1.29, 1.82) is 0 Å². The summed E-state index contributed by atoms with van der Waals surface area (Å²) in [7, 11) is -1.54. The molecule has 2 aromatic rings. The summed E-state index contributed by atoms with van der Waals surface area (Å²) in [6, 6.07) is 5.24. The Morgan fingerprint density at radius 3 is 2.62 bits per heavy atom. The molecule has 156 valence electrons. The Kier molecular flexibility index (Phi) is 8.31.